The van der Waals surface area contributed by atoms with Crippen molar-refractivity contribution in [3.8, 4) is 5.75 Å². The molecule has 10 nitrogen and oxygen atoms in total. The number of hydrogen-bond acceptors (Lipinski definition) is 5. The lowest BCUT2D eigenvalue weighted by Gasteiger charge is -2.28. The minimum Gasteiger partial charge on any atom is -0.497 e. The number of fused-ring (bicyclic) bond motifs is 1. The highest BCUT2D eigenvalue weighted by atomic mass is 35.5. The summed E-state index contributed by atoms with van der Waals surface area (Å²) in [5.41, 5.74) is 5.63. The first kappa shape index (κ1) is 28.3. The lowest BCUT2D eigenvalue weighted by Crippen LogP contribution is -2.54. The molecule has 1 aliphatic heterocycles. The molecule has 1 aromatic heterocycles. The summed E-state index contributed by atoms with van der Waals surface area (Å²) in [5.74, 6) is -1.91. The molecule has 37 heavy (non-hydrogen) atoms. The summed E-state index contributed by atoms with van der Waals surface area (Å²) in [6.07, 6.45) is 0.887. The number of amides is 4. The Balaban J connectivity index is 1.79. The molecule has 1 fully saturated rings. The Morgan fingerprint density at radius 3 is 2.41 bits per heavy atom. The van der Waals surface area contributed by atoms with E-state index in [0.717, 1.165) is 0 Å². The van der Waals surface area contributed by atoms with Crippen molar-refractivity contribution >= 4 is 46.1 Å². The molecule has 6 N–H and O–H groups in total. The van der Waals surface area contributed by atoms with Gasteiger partial charge in [0.1, 0.15) is 23.5 Å². The molecule has 4 amide bonds. The quantitative estimate of drug-likeness (QED) is 0.335. The lowest BCUT2D eigenvalue weighted by molar-refractivity contribution is -0.130. The molecule has 3 rings (SSSR count). The number of benzene rings is 1. The molecule has 2 aromatic rings. The van der Waals surface area contributed by atoms with Crippen LogP contribution in [0.2, 0.25) is 5.02 Å². The van der Waals surface area contributed by atoms with E-state index in [1.165, 1.54) is 7.11 Å². The largest absolute Gasteiger partial charge is 0.497 e. The zero-order chi connectivity index (χ0) is 27.7. The average Bonchev–Trinajstić information content (AvgIpc) is 3.31. The molecule has 0 spiro atoms. The van der Waals surface area contributed by atoms with Crippen molar-refractivity contribution in [2.75, 3.05) is 7.11 Å². The fourth-order valence-electron chi connectivity index (χ4n) is 4.66. The molecule has 3 atom stereocenters. The van der Waals surface area contributed by atoms with E-state index in [0.29, 0.717) is 34.5 Å². The Kier molecular flexibility index (Phi) is 8.12. The Morgan fingerprint density at radius 2 is 1.86 bits per heavy atom. The van der Waals surface area contributed by atoms with Crippen molar-refractivity contribution in [1.29, 1.82) is 0 Å². The second-order valence-electron chi connectivity index (χ2n) is 11.5. The van der Waals surface area contributed by atoms with Crippen LogP contribution in [0.1, 0.15) is 64.4 Å². The fourth-order valence-corrected chi connectivity index (χ4v) is 4.92. The van der Waals surface area contributed by atoms with Gasteiger partial charge in [0.2, 0.25) is 17.7 Å². The molecule has 0 radical (unpaired) electrons. The van der Waals surface area contributed by atoms with E-state index in [-0.39, 0.29) is 23.4 Å². The molecular formula is C26H36ClN5O5. The third-order valence-electron chi connectivity index (χ3n) is 6.34. The van der Waals surface area contributed by atoms with Crippen molar-refractivity contribution in [1.82, 2.24) is 20.9 Å². The number of carbonyl (C=O) groups excluding carboxylic acids is 4. The van der Waals surface area contributed by atoms with Crippen LogP contribution >= 0.6 is 11.6 Å². The predicted octanol–water partition coefficient (Wildman–Crippen LogP) is 2.64. The summed E-state index contributed by atoms with van der Waals surface area (Å²) in [5, 5.41) is 9.38. The monoisotopic (exact) mass is 533 g/mol. The van der Waals surface area contributed by atoms with E-state index >= 15 is 0 Å². The number of primary amides is 1. The highest BCUT2D eigenvalue weighted by molar-refractivity contribution is 6.35. The summed E-state index contributed by atoms with van der Waals surface area (Å²) in [6.45, 7) is 9.59. The van der Waals surface area contributed by atoms with Crippen LogP contribution in [0.3, 0.4) is 0 Å². The van der Waals surface area contributed by atoms with Gasteiger partial charge in [0.05, 0.1) is 17.6 Å². The molecule has 11 heteroatoms. The van der Waals surface area contributed by atoms with Crippen molar-refractivity contribution in [2.24, 2.45) is 17.1 Å². The number of rotatable bonds is 9. The fraction of sp³-hybridized carbons (Fsp3) is 0.538. The summed E-state index contributed by atoms with van der Waals surface area (Å²) in [7, 11) is 1.52. The Labute approximate surface area is 221 Å². The molecule has 202 valence electrons. The number of carbonyl (C=O) groups is 4. The zero-order valence-electron chi connectivity index (χ0n) is 22.1. The number of aromatic nitrogens is 1. The average molecular weight is 534 g/mol. The third kappa shape index (κ3) is 7.15. The van der Waals surface area contributed by atoms with E-state index in [4.69, 9.17) is 22.1 Å². The first-order valence-corrected chi connectivity index (χ1v) is 12.6. The van der Waals surface area contributed by atoms with E-state index < -0.39 is 41.3 Å². The summed E-state index contributed by atoms with van der Waals surface area (Å²) >= 11 is 6.31. The van der Waals surface area contributed by atoms with Crippen molar-refractivity contribution in [3.05, 3.63) is 28.9 Å². The number of nitrogens with two attached hydrogens (primary N) is 1. The van der Waals surface area contributed by atoms with Gasteiger partial charge in [0.25, 0.3) is 5.91 Å². The normalized spacial score (nSPS) is 18.7. The number of aromatic amines is 1. The van der Waals surface area contributed by atoms with Crippen LogP contribution in [0.4, 0.5) is 0 Å². The smallest absolute Gasteiger partial charge is 0.268 e. The number of halogens is 1. The van der Waals surface area contributed by atoms with Gasteiger partial charge in [-0.1, -0.05) is 32.4 Å². The van der Waals surface area contributed by atoms with Crippen molar-refractivity contribution in [2.45, 2.75) is 71.5 Å². The molecule has 0 bridgehead atoms. The first-order chi connectivity index (χ1) is 17.1. The van der Waals surface area contributed by atoms with Crippen LogP contribution in [0.5, 0.6) is 5.75 Å². The zero-order valence-corrected chi connectivity index (χ0v) is 22.8. The van der Waals surface area contributed by atoms with Gasteiger partial charge in [0, 0.05) is 22.9 Å². The number of hydrogen-bond donors (Lipinski definition) is 5. The van der Waals surface area contributed by atoms with Gasteiger partial charge in [-0.2, -0.15) is 0 Å². The van der Waals surface area contributed by atoms with Gasteiger partial charge in [-0.3, -0.25) is 19.2 Å². The van der Waals surface area contributed by atoms with Crippen LogP contribution in [0.25, 0.3) is 10.9 Å². The first-order valence-electron chi connectivity index (χ1n) is 12.2. The van der Waals surface area contributed by atoms with E-state index in [1.807, 2.05) is 34.6 Å². The van der Waals surface area contributed by atoms with Crippen LogP contribution in [0, 0.1) is 11.3 Å². The molecule has 1 aromatic carbocycles. The van der Waals surface area contributed by atoms with Crippen LogP contribution in [0.15, 0.2) is 18.2 Å². The summed E-state index contributed by atoms with van der Waals surface area (Å²) in [6, 6.07) is 2.98. The van der Waals surface area contributed by atoms with Crippen molar-refractivity contribution < 1.29 is 23.9 Å². The van der Waals surface area contributed by atoms with Crippen LogP contribution < -0.4 is 26.4 Å². The second-order valence-corrected chi connectivity index (χ2v) is 11.9. The minimum atomic E-state index is -1.06. The number of methoxy groups -OCH3 is 1. The predicted molar refractivity (Wildman–Crippen MR) is 141 cm³/mol. The molecule has 0 unspecified atom stereocenters. The van der Waals surface area contributed by atoms with E-state index in [9.17, 15) is 19.2 Å². The van der Waals surface area contributed by atoms with Gasteiger partial charge in [0.15, 0.2) is 0 Å². The van der Waals surface area contributed by atoms with Crippen LogP contribution in [-0.2, 0) is 14.4 Å². The molecule has 1 aliphatic rings. The van der Waals surface area contributed by atoms with Crippen molar-refractivity contribution in [3.63, 3.8) is 0 Å². The van der Waals surface area contributed by atoms with Gasteiger partial charge in [-0.15, -0.1) is 0 Å². The lowest BCUT2D eigenvalue weighted by atomic mass is 9.87. The number of nitrogens with one attached hydrogen (secondary N) is 4. The summed E-state index contributed by atoms with van der Waals surface area (Å²) in [4.78, 5) is 54.0. The summed E-state index contributed by atoms with van der Waals surface area (Å²) < 4.78 is 5.23. The maximum Gasteiger partial charge on any atom is 0.268 e. The molecular weight excluding hydrogens is 498 g/mol. The highest BCUT2D eigenvalue weighted by Gasteiger charge is 2.40. The van der Waals surface area contributed by atoms with Crippen LogP contribution in [-0.4, -0.2) is 53.3 Å². The Bertz CT molecular complexity index is 1220. The maximum absolute atomic E-state index is 13.3. The Morgan fingerprint density at radius 1 is 1.19 bits per heavy atom. The van der Waals surface area contributed by atoms with Gasteiger partial charge < -0.3 is 31.4 Å². The molecule has 0 saturated carbocycles. The maximum atomic E-state index is 13.3. The topological polar surface area (TPSA) is 155 Å². The molecule has 1 saturated heterocycles. The SMILES string of the molecule is COc1cc(Cl)c2[nH]c(C(=O)N[C@@H](CC(C)(C)C)C(=O)N[C@@H](C[C@@H]3CC(C)(C)NC3=O)C(N)=O)cc2c1. The van der Waals surface area contributed by atoms with Gasteiger partial charge in [-0.25, -0.2) is 0 Å². The van der Waals surface area contributed by atoms with Gasteiger partial charge >= 0.3 is 0 Å². The van der Waals surface area contributed by atoms with E-state index in [2.05, 4.69) is 20.9 Å². The third-order valence-corrected chi connectivity index (χ3v) is 6.64. The van der Waals surface area contributed by atoms with Gasteiger partial charge in [-0.05, 0) is 50.7 Å². The number of ether oxygens (including phenoxy) is 1. The Hall–Kier alpha value is -3.27. The molecule has 0 aliphatic carbocycles. The van der Waals surface area contributed by atoms with E-state index in [1.54, 1.807) is 18.2 Å². The standard InChI is InChI=1S/C26H36ClN5O5/c1-25(2,3)12-19(24(36)30-17(21(28)33)9-14-11-26(4,5)32-22(14)34)31-23(35)18-8-13-7-15(37-6)10-16(27)20(13)29-18/h7-8,10,14,17,19,29H,9,11-12H2,1-6H3,(H2,28,33)(H,30,36)(H,31,35)(H,32,34)/t14-,17+,19+/m1/s1. The minimum absolute atomic E-state index is 0.0782. The highest BCUT2D eigenvalue weighted by Crippen LogP contribution is 2.30. The molecule has 2 heterocycles. The second kappa shape index (κ2) is 10.6. The number of H-pyrrole nitrogens is 1.